The third-order valence-electron chi connectivity index (χ3n) is 12.6. The molecular formula is C60H53GeIrN3O-2. The van der Waals surface area contributed by atoms with Crippen LogP contribution in [0.25, 0.3) is 94.0 Å². The standard InChI is InChI=1S/C46H37N2O.C14H16GeN.Ir/c1-27(2)36-24-33(30-13-7-6-8-14-30)25-37(28(3)4)44(36)48-41-18-12-11-17-40(41)47-46(48)35-22-19-29(5)43-39-23-32-21-20-31-15-9-10-16-34(31)38(32)26-42(39)49-45(35)43;1-15(2,3)13-9-10-14(16-11-13)12-7-5-4-6-8-12;/h6-21,23-28H,1-5H3;4-7,9-11H,1-3H3;/q2*-1;/i5D3;;. The smallest absolute Gasteiger partial charge is 0 e. The second kappa shape index (κ2) is 18.3. The minimum atomic E-state index is -2.38. The summed E-state index contributed by atoms with van der Waals surface area (Å²) >= 11 is -1.72. The number of aryl methyl sites for hydroxylation is 1. The van der Waals surface area contributed by atoms with Gasteiger partial charge in [-0.3, -0.25) is 4.98 Å². The van der Waals surface area contributed by atoms with Gasteiger partial charge in [-0.05, 0) is 92.0 Å². The van der Waals surface area contributed by atoms with Crippen LogP contribution in [-0.2, 0) is 20.1 Å². The summed E-state index contributed by atoms with van der Waals surface area (Å²) in [5.41, 5.74) is 11.7. The number of fused-ring (bicyclic) bond motifs is 7. The van der Waals surface area contributed by atoms with Gasteiger partial charge in [-0.2, -0.15) is 0 Å². The van der Waals surface area contributed by atoms with Crippen molar-refractivity contribution < 1.29 is 28.6 Å². The van der Waals surface area contributed by atoms with Gasteiger partial charge in [0.15, 0.2) is 0 Å². The van der Waals surface area contributed by atoms with Crippen LogP contribution in [0, 0.1) is 19.0 Å². The Morgan fingerprint density at radius 3 is 2.08 bits per heavy atom. The summed E-state index contributed by atoms with van der Waals surface area (Å²) in [5, 5.41) is 5.67. The normalized spacial score (nSPS) is 12.7. The SMILES string of the molecule is [2H]C([2H])([2H])c1c[c-]c(-c2nc3ccccc3n2-c2c(C(C)C)cc(-c3ccccc3)cc2C(C)C)c2oc3cc4c(ccc5ccccc54)cc3c12.[CH3][Ge]([CH3])([CH3])[c]1ccc(-c2[c-]cccc2)nc1.[Ir]. The van der Waals surface area contributed by atoms with Gasteiger partial charge >= 0.3 is 99.8 Å². The van der Waals surface area contributed by atoms with E-state index < -0.39 is 20.1 Å². The number of imidazole rings is 1. The zero-order chi connectivity index (χ0) is 47.5. The van der Waals surface area contributed by atoms with Gasteiger partial charge in [-0.25, -0.2) is 0 Å². The van der Waals surface area contributed by atoms with E-state index in [2.05, 4.69) is 158 Å². The average Bonchev–Trinajstić information content (AvgIpc) is 3.91. The minimum absolute atomic E-state index is 0. The van der Waals surface area contributed by atoms with Gasteiger partial charge in [0.25, 0.3) is 0 Å². The van der Waals surface area contributed by atoms with E-state index in [0.717, 1.165) is 54.9 Å². The molecule has 8 aromatic carbocycles. The maximum atomic E-state index is 8.57. The molecule has 1 radical (unpaired) electrons. The van der Waals surface area contributed by atoms with Crippen molar-refractivity contribution in [2.75, 3.05) is 0 Å². The molecule has 0 N–H and O–H groups in total. The zero-order valence-corrected chi connectivity index (χ0v) is 42.8. The molecule has 0 aliphatic heterocycles. The topological polar surface area (TPSA) is 43.9 Å². The molecule has 0 spiro atoms. The Morgan fingerprint density at radius 2 is 1.38 bits per heavy atom. The first kappa shape index (κ1) is 41.3. The number of rotatable bonds is 7. The summed E-state index contributed by atoms with van der Waals surface area (Å²) in [7, 11) is 0. The van der Waals surface area contributed by atoms with E-state index >= 15 is 0 Å². The van der Waals surface area contributed by atoms with Crippen LogP contribution in [-0.4, -0.2) is 27.8 Å². The Kier molecular flexibility index (Phi) is 11.5. The summed E-state index contributed by atoms with van der Waals surface area (Å²) < 4.78 is 36.2. The average molecular weight is 1100 g/mol. The quantitative estimate of drug-likeness (QED) is 0.0907. The number of para-hydroxylation sites is 2. The van der Waals surface area contributed by atoms with Gasteiger partial charge in [-0.15, -0.1) is 17.7 Å². The molecule has 0 amide bonds. The fourth-order valence-corrected chi connectivity index (χ4v) is 11.2. The molecule has 0 aliphatic rings. The monoisotopic (exact) mass is 1100 g/mol. The Balaban J connectivity index is 0.000000296. The summed E-state index contributed by atoms with van der Waals surface area (Å²) in [5.74, 6) is 8.19. The molecule has 0 aliphatic carbocycles. The van der Waals surface area contributed by atoms with E-state index in [1.807, 2.05) is 66.9 Å². The molecule has 11 aromatic rings. The summed E-state index contributed by atoms with van der Waals surface area (Å²) in [6.07, 6.45) is 2.04. The van der Waals surface area contributed by atoms with E-state index in [4.69, 9.17) is 13.5 Å². The van der Waals surface area contributed by atoms with E-state index in [1.165, 1.54) is 26.6 Å². The Bertz CT molecular complexity index is 3620. The van der Waals surface area contributed by atoms with Crippen molar-refractivity contribution in [2.24, 2.45) is 0 Å². The van der Waals surface area contributed by atoms with Gasteiger partial charge < -0.3 is 8.98 Å². The van der Waals surface area contributed by atoms with Crippen LogP contribution in [0.3, 0.4) is 0 Å². The second-order valence-electron chi connectivity index (χ2n) is 18.6. The molecule has 0 unspecified atom stereocenters. The largest absolute Gasteiger partial charge is 0 e. The predicted octanol–water partition coefficient (Wildman–Crippen LogP) is 16.0. The van der Waals surface area contributed by atoms with Crippen LogP contribution in [0.2, 0.25) is 17.3 Å². The molecule has 6 heteroatoms. The molecule has 66 heavy (non-hydrogen) atoms. The van der Waals surface area contributed by atoms with Gasteiger partial charge in [0.05, 0.1) is 22.4 Å². The maximum absolute atomic E-state index is 8.57. The van der Waals surface area contributed by atoms with Crippen LogP contribution in [0.15, 0.2) is 168 Å². The van der Waals surface area contributed by atoms with E-state index in [0.29, 0.717) is 27.9 Å². The van der Waals surface area contributed by atoms with Crippen molar-refractivity contribution in [3.05, 3.63) is 193 Å². The third kappa shape index (κ3) is 8.34. The van der Waals surface area contributed by atoms with Crippen molar-refractivity contribution in [3.63, 3.8) is 0 Å². The van der Waals surface area contributed by atoms with E-state index in [-0.39, 0.29) is 37.5 Å². The molecule has 0 atom stereocenters. The van der Waals surface area contributed by atoms with Gasteiger partial charge in [0, 0.05) is 35.3 Å². The summed E-state index contributed by atoms with van der Waals surface area (Å²) in [6.45, 7) is 6.56. The fraction of sp³-hybridized carbons (Fsp3) is 0.167. The second-order valence-corrected chi connectivity index (χ2v) is 29.3. The molecule has 329 valence electrons. The molecule has 11 rings (SSSR count). The molecule has 3 heterocycles. The van der Waals surface area contributed by atoms with Gasteiger partial charge in [-0.1, -0.05) is 124 Å². The molecule has 4 nitrogen and oxygen atoms in total. The first-order valence-corrected chi connectivity index (χ1v) is 29.9. The first-order chi connectivity index (χ1) is 32.7. The van der Waals surface area contributed by atoms with Gasteiger partial charge in [0.1, 0.15) is 5.58 Å². The van der Waals surface area contributed by atoms with Crippen LogP contribution >= 0.6 is 0 Å². The van der Waals surface area contributed by atoms with Crippen molar-refractivity contribution in [1.29, 1.82) is 0 Å². The Hall–Kier alpha value is -6.11. The van der Waals surface area contributed by atoms with Crippen molar-refractivity contribution >= 4 is 72.2 Å². The molecule has 0 saturated heterocycles. The van der Waals surface area contributed by atoms with Gasteiger partial charge in [0.2, 0.25) is 0 Å². The van der Waals surface area contributed by atoms with Crippen LogP contribution < -0.4 is 4.40 Å². The van der Waals surface area contributed by atoms with Crippen LogP contribution in [0.4, 0.5) is 0 Å². The Morgan fingerprint density at radius 1 is 0.667 bits per heavy atom. The number of aromatic nitrogens is 3. The zero-order valence-electron chi connectivity index (χ0n) is 41.3. The number of benzene rings is 8. The molecule has 0 saturated carbocycles. The number of hydrogen-bond acceptors (Lipinski definition) is 3. The molecular weight excluding hydrogens is 1040 g/mol. The molecule has 0 bridgehead atoms. The number of pyridine rings is 1. The number of furan rings is 1. The number of nitrogens with zero attached hydrogens (tertiary/aromatic N) is 3. The van der Waals surface area contributed by atoms with Crippen LogP contribution in [0.5, 0.6) is 0 Å². The molecule has 3 aromatic heterocycles. The van der Waals surface area contributed by atoms with Crippen molar-refractivity contribution in [1.82, 2.24) is 14.5 Å². The Labute approximate surface area is 408 Å². The number of hydrogen-bond donors (Lipinski definition) is 0. The minimum Gasteiger partial charge on any atom is 0 e. The van der Waals surface area contributed by atoms with Crippen molar-refractivity contribution in [2.45, 2.75) is 63.7 Å². The predicted molar refractivity (Wildman–Crippen MR) is 277 cm³/mol. The maximum Gasteiger partial charge on any atom is 0 e. The van der Waals surface area contributed by atoms with Crippen LogP contribution in [0.1, 0.15) is 60.3 Å². The third-order valence-corrected chi connectivity index (χ3v) is 16.8. The summed E-state index contributed by atoms with van der Waals surface area (Å²) in [4.78, 5) is 9.81. The summed E-state index contributed by atoms with van der Waals surface area (Å²) in [6, 6.07) is 60.5. The van der Waals surface area contributed by atoms with Crippen molar-refractivity contribution in [3.8, 4) is 39.5 Å². The fourth-order valence-electron chi connectivity index (χ4n) is 9.07. The van der Waals surface area contributed by atoms with E-state index in [9.17, 15) is 0 Å². The van der Waals surface area contributed by atoms with E-state index in [1.54, 1.807) is 6.07 Å². The molecule has 0 fully saturated rings. The first-order valence-electron chi connectivity index (χ1n) is 24.0.